The molecule has 0 saturated heterocycles. The summed E-state index contributed by atoms with van der Waals surface area (Å²) in [5.41, 5.74) is 6.69. The molecule has 2 aliphatic carbocycles. The molecule has 1 nitrogen and oxygen atoms in total. The lowest BCUT2D eigenvalue weighted by atomic mass is 9.64. The Morgan fingerprint density at radius 2 is 1.78 bits per heavy atom. The average molecular weight is 382 g/mol. The van der Waals surface area contributed by atoms with E-state index in [2.05, 4.69) is 62.2 Å². The van der Waals surface area contributed by atoms with Gasteiger partial charge in [-0.2, -0.15) is 0 Å². The first-order chi connectivity index (χ1) is 13.0. The topological polar surface area (TPSA) is 3.24 Å². The first-order valence-corrected chi connectivity index (χ1v) is 11.0. The van der Waals surface area contributed by atoms with Crippen LogP contribution in [-0.2, 0) is 18.3 Å². The lowest BCUT2D eigenvalue weighted by Crippen LogP contribution is -2.49. The van der Waals surface area contributed by atoms with Crippen LogP contribution in [-0.4, -0.2) is 12.6 Å². The lowest BCUT2D eigenvalue weighted by Gasteiger charge is -2.49. The molecule has 2 aromatic rings. The van der Waals surface area contributed by atoms with E-state index in [1.807, 2.05) is 6.07 Å². The van der Waals surface area contributed by atoms with Gasteiger partial charge in [-0.1, -0.05) is 49.2 Å². The summed E-state index contributed by atoms with van der Waals surface area (Å²) in [7, 11) is 2.24. The van der Waals surface area contributed by atoms with Crippen molar-refractivity contribution in [1.82, 2.24) is 0 Å². The van der Waals surface area contributed by atoms with Crippen LogP contribution < -0.4 is 4.90 Å². The van der Waals surface area contributed by atoms with Crippen LogP contribution in [0.5, 0.6) is 0 Å². The van der Waals surface area contributed by atoms with E-state index in [9.17, 15) is 0 Å². The highest BCUT2D eigenvalue weighted by molar-refractivity contribution is 6.30. The van der Waals surface area contributed by atoms with Crippen LogP contribution in [0.1, 0.15) is 69.1 Å². The molecule has 2 aliphatic rings. The zero-order valence-corrected chi connectivity index (χ0v) is 17.8. The van der Waals surface area contributed by atoms with E-state index in [0.717, 1.165) is 5.02 Å². The maximum Gasteiger partial charge on any atom is 0.0426 e. The predicted octanol–water partition coefficient (Wildman–Crippen LogP) is 6.95. The number of benzene rings is 2. The molecule has 4 rings (SSSR count). The van der Waals surface area contributed by atoms with Gasteiger partial charge in [0.2, 0.25) is 0 Å². The molecule has 1 saturated carbocycles. The molecule has 0 N–H and O–H groups in total. The maximum absolute atomic E-state index is 6.24. The predicted molar refractivity (Wildman–Crippen MR) is 117 cm³/mol. The molecule has 144 valence electrons. The number of halogens is 1. The zero-order valence-electron chi connectivity index (χ0n) is 17.0. The third-order valence-electron chi connectivity index (χ3n) is 7.45. The van der Waals surface area contributed by atoms with Crippen molar-refractivity contribution in [2.24, 2.45) is 0 Å². The molecule has 27 heavy (non-hydrogen) atoms. The van der Waals surface area contributed by atoms with E-state index in [1.165, 1.54) is 62.6 Å². The van der Waals surface area contributed by atoms with Gasteiger partial charge < -0.3 is 4.90 Å². The molecular formula is C25H32ClN. The Balaban J connectivity index is 1.55. The molecule has 0 aliphatic heterocycles. The Bertz CT molecular complexity index is 817. The van der Waals surface area contributed by atoms with Crippen molar-refractivity contribution < 1.29 is 0 Å². The Morgan fingerprint density at radius 3 is 2.48 bits per heavy atom. The van der Waals surface area contributed by atoms with Gasteiger partial charge in [0.1, 0.15) is 0 Å². The van der Waals surface area contributed by atoms with E-state index in [4.69, 9.17) is 11.6 Å². The number of nitrogens with zero attached hydrogens (tertiary/aromatic N) is 1. The molecule has 0 amide bonds. The summed E-state index contributed by atoms with van der Waals surface area (Å²) in [6.07, 6.45) is 10.1. The Morgan fingerprint density at radius 1 is 1.00 bits per heavy atom. The first-order valence-electron chi connectivity index (χ1n) is 10.6. The van der Waals surface area contributed by atoms with Gasteiger partial charge in [-0.3, -0.25) is 0 Å². The maximum atomic E-state index is 6.24. The fraction of sp³-hybridized carbons (Fsp3) is 0.520. The van der Waals surface area contributed by atoms with Crippen LogP contribution in [0.2, 0.25) is 5.02 Å². The van der Waals surface area contributed by atoms with E-state index in [-0.39, 0.29) is 5.54 Å². The lowest BCUT2D eigenvalue weighted by molar-refractivity contribution is 0.206. The summed E-state index contributed by atoms with van der Waals surface area (Å²) in [5, 5.41) is 0.823. The highest BCUT2D eigenvalue weighted by Crippen LogP contribution is 2.52. The van der Waals surface area contributed by atoms with Crippen LogP contribution >= 0.6 is 11.6 Å². The molecule has 2 aromatic carbocycles. The molecule has 1 fully saturated rings. The zero-order chi connectivity index (χ0) is 19.1. The monoisotopic (exact) mass is 381 g/mol. The van der Waals surface area contributed by atoms with Gasteiger partial charge in [0.25, 0.3) is 0 Å². The largest absolute Gasteiger partial charge is 0.369 e. The quantitative estimate of drug-likeness (QED) is 0.554. The number of hydrogen-bond donors (Lipinski definition) is 0. The molecule has 0 bridgehead atoms. The summed E-state index contributed by atoms with van der Waals surface area (Å²) in [6.45, 7) is 4.71. The molecular weight excluding hydrogens is 350 g/mol. The molecule has 0 aromatic heterocycles. The minimum atomic E-state index is 0.208. The second-order valence-electron chi connectivity index (χ2n) is 9.06. The minimum absolute atomic E-state index is 0.208. The molecule has 0 atom stereocenters. The van der Waals surface area contributed by atoms with Crippen molar-refractivity contribution in [2.75, 3.05) is 11.9 Å². The van der Waals surface area contributed by atoms with Crippen LogP contribution in [0.25, 0.3) is 0 Å². The van der Waals surface area contributed by atoms with Crippen molar-refractivity contribution in [3.63, 3.8) is 0 Å². The standard InChI is InChI=1S/C25H32ClN/c1-4-6-19-9-10-20-11-12-25(23(20)17-19)15-13-24(2,14-16-25)27(3)22-8-5-7-21(26)18-22/h5,7-10,17-18H,4,6,11-16H2,1-3H3. The van der Waals surface area contributed by atoms with Crippen molar-refractivity contribution in [2.45, 2.75) is 76.2 Å². The molecule has 1 spiro atoms. The van der Waals surface area contributed by atoms with Gasteiger partial charge >= 0.3 is 0 Å². The fourth-order valence-corrected chi connectivity index (χ4v) is 5.59. The average Bonchev–Trinajstić information content (AvgIpc) is 3.02. The van der Waals surface area contributed by atoms with Crippen molar-refractivity contribution in [1.29, 1.82) is 0 Å². The van der Waals surface area contributed by atoms with Gasteiger partial charge in [0, 0.05) is 23.3 Å². The summed E-state index contributed by atoms with van der Waals surface area (Å²) in [5.74, 6) is 0. The van der Waals surface area contributed by atoms with Crippen molar-refractivity contribution in [3.05, 3.63) is 64.2 Å². The van der Waals surface area contributed by atoms with Crippen molar-refractivity contribution in [3.8, 4) is 0 Å². The van der Waals surface area contributed by atoms with Gasteiger partial charge in [-0.05, 0) is 92.2 Å². The SMILES string of the molecule is CCCc1ccc2c(c1)C1(CC2)CCC(C)(N(C)c2cccc(Cl)c2)CC1. The second-order valence-corrected chi connectivity index (χ2v) is 9.49. The summed E-state index contributed by atoms with van der Waals surface area (Å²) in [6, 6.07) is 15.6. The Kier molecular flexibility index (Phi) is 5.01. The van der Waals surface area contributed by atoms with Gasteiger partial charge in [-0.25, -0.2) is 0 Å². The normalized spacial score (nSPS) is 27.0. The highest BCUT2D eigenvalue weighted by Gasteiger charge is 2.46. The van der Waals surface area contributed by atoms with Gasteiger partial charge in [0.15, 0.2) is 0 Å². The van der Waals surface area contributed by atoms with Crippen LogP contribution in [0, 0.1) is 0 Å². The van der Waals surface area contributed by atoms with Crippen LogP contribution in [0.4, 0.5) is 5.69 Å². The summed E-state index contributed by atoms with van der Waals surface area (Å²) < 4.78 is 0. The molecule has 0 heterocycles. The summed E-state index contributed by atoms with van der Waals surface area (Å²) in [4.78, 5) is 2.47. The molecule has 2 heteroatoms. The van der Waals surface area contributed by atoms with Crippen LogP contribution in [0.3, 0.4) is 0 Å². The van der Waals surface area contributed by atoms with Gasteiger partial charge in [-0.15, -0.1) is 0 Å². The van der Waals surface area contributed by atoms with E-state index < -0.39 is 0 Å². The van der Waals surface area contributed by atoms with Gasteiger partial charge in [0.05, 0.1) is 0 Å². The van der Waals surface area contributed by atoms with Crippen molar-refractivity contribution >= 4 is 17.3 Å². The molecule has 0 unspecified atom stereocenters. The van der Waals surface area contributed by atoms with E-state index in [0.29, 0.717) is 5.41 Å². The van der Waals surface area contributed by atoms with Crippen LogP contribution in [0.15, 0.2) is 42.5 Å². The number of rotatable bonds is 4. The second kappa shape index (κ2) is 7.17. The Hall–Kier alpha value is -1.47. The number of anilines is 1. The smallest absolute Gasteiger partial charge is 0.0426 e. The fourth-order valence-electron chi connectivity index (χ4n) is 5.41. The number of fused-ring (bicyclic) bond motifs is 2. The third-order valence-corrected chi connectivity index (χ3v) is 7.68. The summed E-state index contributed by atoms with van der Waals surface area (Å²) >= 11 is 6.24. The third kappa shape index (κ3) is 3.40. The van der Waals surface area contributed by atoms with E-state index in [1.54, 1.807) is 11.1 Å². The highest BCUT2D eigenvalue weighted by atomic mass is 35.5. The Labute approximate surface area is 169 Å². The number of hydrogen-bond acceptors (Lipinski definition) is 1. The minimum Gasteiger partial charge on any atom is -0.369 e. The molecule has 0 radical (unpaired) electrons. The first kappa shape index (κ1) is 18.9. The van der Waals surface area contributed by atoms with E-state index >= 15 is 0 Å². The number of aryl methyl sites for hydroxylation is 2.